The van der Waals surface area contributed by atoms with E-state index in [4.69, 9.17) is 0 Å². The number of hydrogen-bond donors (Lipinski definition) is 2. The van der Waals surface area contributed by atoms with Crippen LogP contribution in [0.15, 0.2) is 54.6 Å². The second-order valence-corrected chi connectivity index (χ2v) is 7.29. The number of aliphatic carboxylic acids is 1. The van der Waals surface area contributed by atoms with Crippen LogP contribution in [0, 0.1) is 11.7 Å². The number of nitrogens with one attached hydrogen (secondary N) is 1. The van der Waals surface area contributed by atoms with Crippen LogP contribution in [0.3, 0.4) is 0 Å². The largest absolute Gasteiger partial charge is 0.480 e. The van der Waals surface area contributed by atoms with Crippen molar-refractivity contribution in [1.82, 2.24) is 10.2 Å². The molecule has 1 fully saturated rings. The van der Waals surface area contributed by atoms with Gasteiger partial charge in [0.2, 0.25) is 5.91 Å². The number of carboxylic acid groups (broad SMARTS) is 1. The first-order chi connectivity index (χ1) is 13.5. The number of amides is 1. The monoisotopic (exact) mass is 384 g/mol. The minimum atomic E-state index is -1.04. The summed E-state index contributed by atoms with van der Waals surface area (Å²) in [6.45, 7) is 1.96. The quantitative estimate of drug-likeness (QED) is 0.770. The second kappa shape index (κ2) is 9.46. The van der Waals surface area contributed by atoms with Crippen LogP contribution in [-0.2, 0) is 22.6 Å². The lowest BCUT2D eigenvalue weighted by Crippen LogP contribution is -2.48. The Bertz CT molecular complexity index is 812. The number of carbonyl (C=O) groups excluding carboxylic acids is 1. The molecular formula is C22H25FN2O3. The lowest BCUT2D eigenvalue weighted by Gasteiger charge is -2.32. The Morgan fingerprint density at radius 2 is 1.89 bits per heavy atom. The summed E-state index contributed by atoms with van der Waals surface area (Å²) in [7, 11) is 0. The molecule has 1 saturated heterocycles. The van der Waals surface area contributed by atoms with Crippen molar-refractivity contribution in [2.45, 2.75) is 31.8 Å². The number of hydrogen-bond acceptors (Lipinski definition) is 3. The minimum Gasteiger partial charge on any atom is -0.480 e. The zero-order valence-corrected chi connectivity index (χ0v) is 15.7. The number of halogens is 1. The van der Waals surface area contributed by atoms with Gasteiger partial charge >= 0.3 is 5.97 Å². The molecular weight excluding hydrogens is 359 g/mol. The molecule has 0 spiro atoms. The van der Waals surface area contributed by atoms with E-state index in [9.17, 15) is 19.1 Å². The van der Waals surface area contributed by atoms with E-state index in [0.717, 1.165) is 30.5 Å². The highest BCUT2D eigenvalue weighted by Crippen LogP contribution is 2.19. The van der Waals surface area contributed by atoms with Crippen molar-refractivity contribution in [3.05, 3.63) is 71.5 Å². The number of rotatable bonds is 7. The molecule has 28 heavy (non-hydrogen) atoms. The summed E-state index contributed by atoms with van der Waals surface area (Å²) in [5.74, 6) is -1.80. The molecule has 2 atom stereocenters. The molecule has 2 aromatic rings. The Kier molecular flexibility index (Phi) is 6.76. The predicted octanol–water partition coefficient (Wildman–Crippen LogP) is 2.85. The van der Waals surface area contributed by atoms with Crippen molar-refractivity contribution in [3.8, 4) is 0 Å². The zero-order chi connectivity index (χ0) is 19.9. The number of carbonyl (C=O) groups is 2. The van der Waals surface area contributed by atoms with Gasteiger partial charge in [0.05, 0.1) is 5.92 Å². The molecule has 0 bridgehead atoms. The molecule has 0 aliphatic carbocycles. The van der Waals surface area contributed by atoms with Crippen molar-refractivity contribution >= 4 is 11.9 Å². The second-order valence-electron chi connectivity index (χ2n) is 7.29. The van der Waals surface area contributed by atoms with E-state index in [0.29, 0.717) is 13.1 Å². The number of carboxylic acids is 1. The van der Waals surface area contributed by atoms with Crippen LogP contribution in [-0.4, -0.2) is 41.0 Å². The van der Waals surface area contributed by atoms with E-state index in [1.54, 1.807) is 6.07 Å². The normalized spacial score (nSPS) is 18.4. The van der Waals surface area contributed by atoms with Crippen molar-refractivity contribution < 1.29 is 19.1 Å². The van der Waals surface area contributed by atoms with Gasteiger partial charge in [0, 0.05) is 19.5 Å². The van der Waals surface area contributed by atoms with E-state index < -0.39 is 12.0 Å². The number of likely N-dealkylation sites (tertiary alicyclic amines) is 1. The van der Waals surface area contributed by atoms with E-state index in [2.05, 4.69) is 10.2 Å². The van der Waals surface area contributed by atoms with Crippen LogP contribution in [0.4, 0.5) is 4.39 Å². The van der Waals surface area contributed by atoms with Gasteiger partial charge in [-0.05, 0) is 42.6 Å². The smallest absolute Gasteiger partial charge is 0.326 e. The lowest BCUT2D eigenvalue weighted by molar-refractivity contribution is -0.142. The summed E-state index contributed by atoms with van der Waals surface area (Å²) in [6.07, 6.45) is 1.83. The van der Waals surface area contributed by atoms with E-state index in [-0.39, 0.29) is 24.1 Å². The van der Waals surface area contributed by atoms with Gasteiger partial charge in [0.25, 0.3) is 0 Å². The lowest BCUT2D eigenvalue weighted by atomic mass is 9.95. The van der Waals surface area contributed by atoms with Gasteiger partial charge in [0.1, 0.15) is 11.9 Å². The Balaban J connectivity index is 1.58. The third-order valence-electron chi connectivity index (χ3n) is 5.07. The minimum absolute atomic E-state index is 0.229. The molecule has 0 aromatic heterocycles. The summed E-state index contributed by atoms with van der Waals surface area (Å²) in [6, 6.07) is 14.8. The molecule has 2 N–H and O–H groups in total. The van der Waals surface area contributed by atoms with E-state index in [1.807, 2.05) is 36.4 Å². The van der Waals surface area contributed by atoms with Gasteiger partial charge < -0.3 is 10.4 Å². The Hall–Kier alpha value is -2.73. The van der Waals surface area contributed by atoms with Gasteiger partial charge in [0.15, 0.2) is 0 Å². The number of nitrogens with zero attached hydrogens (tertiary/aromatic N) is 1. The van der Waals surface area contributed by atoms with Gasteiger partial charge in [-0.2, -0.15) is 0 Å². The van der Waals surface area contributed by atoms with Crippen LogP contribution in [0.2, 0.25) is 0 Å². The van der Waals surface area contributed by atoms with Crippen LogP contribution >= 0.6 is 0 Å². The maximum Gasteiger partial charge on any atom is 0.326 e. The maximum absolute atomic E-state index is 13.4. The first-order valence-corrected chi connectivity index (χ1v) is 9.55. The van der Waals surface area contributed by atoms with Crippen molar-refractivity contribution in [2.24, 2.45) is 5.92 Å². The first kappa shape index (κ1) is 20.0. The molecule has 148 valence electrons. The third kappa shape index (κ3) is 5.63. The SMILES string of the molecule is O=C(N[C@@H](Cc1ccccc1)C(=O)O)[C@H]1CCCN(Cc2cccc(F)c2)C1. The van der Waals surface area contributed by atoms with Crippen molar-refractivity contribution in [3.63, 3.8) is 0 Å². The number of benzene rings is 2. The Morgan fingerprint density at radius 1 is 1.14 bits per heavy atom. The maximum atomic E-state index is 13.4. The van der Waals surface area contributed by atoms with E-state index in [1.165, 1.54) is 12.1 Å². The Morgan fingerprint density at radius 3 is 2.61 bits per heavy atom. The van der Waals surface area contributed by atoms with Gasteiger partial charge in [-0.3, -0.25) is 9.69 Å². The fraction of sp³-hybridized carbons (Fsp3) is 0.364. The summed E-state index contributed by atoms with van der Waals surface area (Å²) >= 11 is 0. The Labute approximate surface area is 164 Å². The highest BCUT2D eigenvalue weighted by molar-refractivity contribution is 5.85. The molecule has 0 unspecified atom stereocenters. The molecule has 1 aliphatic heterocycles. The fourth-order valence-electron chi connectivity index (χ4n) is 3.65. The molecule has 1 heterocycles. The molecule has 0 saturated carbocycles. The first-order valence-electron chi connectivity index (χ1n) is 9.55. The molecule has 2 aromatic carbocycles. The summed E-state index contributed by atoms with van der Waals surface area (Å²) in [4.78, 5) is 26.4. The van der Waals surface area contributed by atoms with Crippen LogP contribution in [0.1, 0.15) is 24.0 Å². The van der Waals surface area contributed by atoms with Crippen molar-refractivity contribution in [2.75, 3.05) is 13.1 Å². The topological polar surface area (TPSA) is 69.6 Å². The molecule has 6 heteroatoms. The third-order valence-corrected chi connectivity index (χ3v) is 5.07. The average molecular weight is 384 g/mol. The van der Waals surface area contributed by atoms with Crippen LogP contribution in [0.5, 0.6) is 0 Å². The highest BCUT2D eigenvalue weighted by Gasteiger charge is 2.29. The summed E-state index contributed by atoms with van der Waals surface area (Å²) < 4.78 is 13.4. The highest BCUT2D eigenvalue weighted by atomic mass is 19.1. The van der Waals surface area contributed by atoms with E-state index >= 15 is 0 Å². The molecule has 1 aliphatic rings. The van der Waals surface area contributed by atoms with Gasteiger partial charge in [-0.1, -0.05) is 42.5 Å². The number of piperidine rings is 1. The van der Waals surface area contributed by atoms with Gasteiger partial charge in [-0.15, -0.1) is 0 Å². The van der Waals surface area contributed by atoms with Crippen LogP contribution in [0.25, 0.3) is 0 Å². The fourth-order valence-corrected chi connectivity index (χ4v) is 3.65. The molecule has 1 amide bonds. The van der Waals surface area contributed by atoms with Crippen LogP contribution < -0.4 is 5.32 Å². The van der Waals surface area contributed by atoms with Gasteiger partial charge in [-0.25, -0.2) is 9.18 Å². The summed E-state index contributed by atoms with van der Waals surface area (Å²) in [5, 5.41) is 12.2. The zero-order valence-electron chi connectivity index (χ0n) is 15.7. The standard InChI is InChI=1S/C22H25FN2O3/c23-19-10-4-8-17(12-19)14-25-11-5-9-18(15-25)21(26)24-20(22(27)28)13-16-6-2-1-3-7-16/h1-4,6-8,10,12,18,20H,5,9,11,13-15H2,(H,24,26)(H,27,28)/t18-,20-/m0/s1. The molecule has 5 nitrogen and oxygen atoms in total. The average Bonchev–Trinajstić information content (AvgIpc) is 2.68. The summed E-state index contributed by atoms with van der Waals surface area (Å²) in [5.41, 5.74) is 1.74. The molecule has 3 rings (SSSR count). The molecule has 0 radical (unpaired) electrons. The predicted molar refractivity (Wildman–Crippen MR) is 104 cm³/mol. The van der Waals surface area contributed by atoms with Crippen molar-refractivity contribution in [1.29, 1.82) is 0 Å².